The molecule has 0 saturated carbocycles. The minimum Gasteiger partial charge on any atom is -0.444 e. The third-order valence-corrected chi connectivity index (χ3v) is 3.86. The van der Waals surface area contributed by atoms with Crippen molar-refractivity contribution >= 4 is 6.09 Å². The van der Waals surface area contributed by atoms with Crippen LogP contribution in [0.2, 0.25) is 0 Å². The van der Waals surface area contributed by atoms with Crippen LogP contribution in [-0.2, 0) is 11.2 Å². The van der Waals surface area contributed by atoms with Crippen molar-refractivity contribution in [1.29, 1.82) is 0 Å². The highest BCUT2D eigenvalue weighted by Crippen LogP contribution is 2.54. The van der Waals surface area contributed by atoms with E-state index in [1.54, 1.807) is 6.07 Å². The van der Waals surface area contributed by atoms with E-state index in [0.29, 0.717) is 5.56 Å². The standard InChI is InChI=1S/C18H20F9NO2/c1-14(2,3)30-13(29)28-12(10-9-11-7-5-4-6-8-11)15(19,20)16(21,22)17(23,24)18(25,26)27/h4-8,12H,9-10H2,1-3H3,(H,28,29)/t12-/m1/s1. The molecule has 1 aromatic carbocycles. The Balaban J connectivity index is 3.26. The molecule has 0 unspecified atom stereocenters. The van der Waals surface area contributed by atoms with E-state index in [4.69, 9.17) is 0 Å². The number of hydrogen-bond donors (Lipinski definition) is 1. The van der Waals surface area contributed by atoms with Crippen molar-refractivity contribution in [3.05, 3.63) is 35.9 Å². The Morgan fingerprint density at radius 3 is 1.83 bits per heavy atom. The van der Waals surface area contributed by atoms with Crippen LogP contribution in [0.5, 0.6) is 0 Å². The predicted octanol–water partition coefficient (Wildman–Crippen LogP) is 5.98. The van der Waals surface area contributed by atoms with Gasteiger partial charge in [0.15, 0.2) is 0 Å². The molecule has 0 fully saturated rings. The van der Waals surface area contributed by atoms with Gasteiger partial charge in [0, 0.05) is 0 Å². The molecular formula is C18H20F9NO2. The Bertz CT molecular complexity index is 713. The molecule has 0 aromatic heterocycles. The third kappa shape index (κ3) is 5.72. The van der Waals surface area contributed by atoms with Gasteiger partial charge in [-0.25, -0.2) is 4.79 Å². The number of nitrogens with one attached hydrogen (secondary N) is 1. The number of carbonyl (C=O) groups excluding carboxylic acids is 1. The fourth-order valence-electron chi connectivity index (χ4n) is 2.36. The molecule has 1 N–H and O–H groups in total. The summed E-state index contributed by atoms with van der Waals surface area (Å²) in [6.07, 6.45) is -10.1. The molecule has 0 aliphatic rings. The Morgan fingerprint density at radius 1 is 0.900 bits per heavy atom. The van der Waals surface area contributed by atoms with Crippen LogP contribution in [0.1, 0.15) is 32.8 Å². The highest BCUT2D eigenvalue weighted by molar-refractivity contribution is 5.68. The van der Waals surface area contributed by atoms with E-state index < -0.39 is 54.5 Å². The molecule has 172 valence electrons. The summed E-state index contributed by atoms with van der Waals surface area (Å²) < 4.78 is 125. The lowest BCUT2D eigenvalue weighted by Gasteiger charge is -2.38. The van der Waals surface area contributed by atoms with E-state index >= 15 is 0 Å². The Kier molecular flexibility index (Phi) is 7.37. The first-order chi connectivity index (χ1) is 13.3. The molecular weight excluding hydrogens is 433 g/mol. The fourth-order valence-corrected chi connectivity index (χ4v) is 2.36. The first-order valence-electron chi connectivity index (χ1n) is 8.56. The Hall–Kier alpha value is -2.14. The summed E-state index contributed by atoms with van der Waals surface area (Å²) in [4.78, 5) is 11.8. The SMILES string of the molecule is CC(C)(C)OC(=O)N[C@H](CCc1ccccc1)C(F)(F)C(F)(F)C(F)(F)C(F)(F)F. The Labute approximate surface area is 166 Å². The number of benzene rings is 1. The first-order valence-corrected chi connectivity index (χ1v) is 8.56. The van der Waals surface area contributed by atoms with Crippen molar-refractivity contribution in [2.75, 3.05) is 0 Å². The van der Waals surface area contributed by atoms with E-state index in [0.717, 1.165) is 0 Å². The van der Waals surface area contributed by atoms with Crippen molar-refractivity contribution in [3.63, 3.8) is 0 Å². The van der Waals surface area contributed by atoms with Crippen LogP contribution in [0.3, 0.4) is 0 Å². The highest BCUT2D eigenvalue weighted by atomic mass is 19.4. The second kappa shape index (κ2) is 8.54. The molecule has 1 aromatic rings. The van der Waals surface area contributed by atoms with Gasteiger partial charge >= 0.3 is 30.0 Å². The van der Waals surface area contributed by atoms with Gasteiger partial charge in [0.1, 0.15) is 11.6 Å². The summed E-state index contributed by atoms with van der Waals surface area (Å²) in [6, 6.07) is 4.19. The average Bonchev–Trinajstić information content (AvgIpc) is 2.56. The first kappa shape index (κ1) is 25.9. The minimum absolute atomic E-state index is 0.301. The molecule has 12 heteroatoms. The number of rotatable bonds is 7. The van der Waals surface area contributed by atoms with Gasteiger partial charge in [-0.05, 0) is 39.2 Å². The van der Waals surface area contributed by atoms with Gasteiger partial charge in [0.25, 0.3) is 0 Å². The van der Waals surface area contributed by atoms with Gasteiger partial charge in [-0.3, -0.25) is 0 Å². The lowest BCUT2D eigenvalue weighted by Crippen LogP contribution is -2.67. The largest absolute Gasteiger partial charge is 0.460 e. The molecule has 1 atom stereocenters. The summed E-state index contributed by atoms with van der Waals surface area (Å²) in [5.74, 6) is -19.9. The van der Waals surface area contributed by atoms with Crippen LogP contribution in [0.25, 0.3) is 0 Å². The molecule has 0 radical (unpaired) electrons. The zero-order chi connectivity index (χ0) is 23.6. The van der Waals surface area contributed by atoms with E-state index in [1.165, 1.54) is 50.4 Å². The number of amides is 1. The topological polar surface area (TPSA) is 38.3 Å². The van der Waals surface area contributed by atoms with Crippen LogP contribution in [-0.4, -0.2) is 41.7 Å². The van der Waals surface area contributed by atoms with Gasteiger partial charge in [-0.1, -0.05) is 30.3 Å². The molecule has 1 rings (SSSR count). The predicted molar refractivity (Wildman–Crippen MR) is 88.8 cm³/mol. The quantitative estimate of drug-likeness (QED) is 0.516. The Morgan fingerprint density at radius 2 is 1.40 bits per heavy atom. The summed E-state index contributed by atoms with van der Waals surface area (Å²) in [5, 5.41) is 1.32. The van der Waals surface area contributed by atoms with Gasteiger partial charge in [0.2, 0.25) is 0 Å². The van der Waals surface area contributed by atoms with E-state index in [1.807, 2.05) is 0 Å². The molecule has 0 bridgehead atoms. The molecule has 1 amide bonds. The van der Waals surface area contributed by atoms with Crippen LogP contribution >= 0.6 is 0 Å². The van der Waals surface area contributed by atoms with Crippen molar-refractivity contribution in [2.45, 2.75) is 69.2 Å². The highest BCUT2D eigenvalue weighted by Gasteiger charge is 2.83. The molecule has 30 heavy (non-hydrogen) atoms. The molecule has 0 heterocycles. The van der Waals surface area contributed by atoms with Crippen LogP contribution in [0.15, 0.2) is 30.3 Å². The molecule has 0 aliphatic heterocycles. The van der Waals surface area contributed by atoms with Crippen LogP contribution in [0.4, 0.5) is 44.3 Å². The number of alkyl halides is 9. The van der Waals surface area contributed by atoms with Gasteiger partial charge in [-0.15, -0.1) is 0 Å². The van der Waals surface area contributed by atoms with E-state index in [9.17, 15) is 44.3 Å². The molecule has 0 saturated heterocycles. The number of hydrogen-bond acceptors (Lipinski definition) is 2. The van der Waals surface area contributed by atoms with Gasteiger partial charge in [-0.2, -0.15) is 39.5 Å². The van der Waals surface area contributed by atoms with Gasteiger partial charge < -0.3 is 10.1 Å². The smallest absolute Gasteiger partial charge is 0.444 e. The lowest BCUT2D eigenvalue weighted by atomic mass is 9.92. The number of ether oxygens (including phenoxy) is 1. The van der Waals surface area contributed by atoms with Crippen molar-refractivity contribution in [1.82, 2.24) is 5.32 Å². The van der Waals surface area contributed by atoms with Crippen LogP contribution < -0.4 is 5.32 Å². The number of alkyl carbamates (subject to hydrolysis) is 1. The van der Waals surface area contributed by atoms with Crippen molar-refractivity contribution < 1.29 is 49.0 Å². The second-order valence-electron chi connectivity index (χ2n) is 7.49. The number of carbonyl (C=O) groups is 1. The summed E-state index contributed by atoms with van der Waals surface area (Å²) in [7, 11) is 0. The average molecular weight is 453 g/mol. The van der Waals surface area contributed by atoms with Crippen molar-refractivity contribution in [3.8, 4) is 0 Å². The molecule has 3 nitrogen and oxygen atoms in total. The summed E-state index contributed by atoms with van der Waals surface area (Å²) in [6.45, 7) is 3.91. The van der Waals surface area contributed by atoms with E-state index in [-0.39, 0.29) is 0 Å². The summed E-state index contributed by atoms with van der Waals surface area (Å²) >= 11 is 0. The number of aryl methyl sites for hydroxylation is 1. The lowest BCUT2D eigenvalue weighted by molar-refractivity contribution is -0.399. The molecule has 0 aliphatic carbocycles. The van der Waals surface area contributed by atoms with Crippen LogP contribution in [0, 0.1) is 0 Å². The minimum atomic E-state index is -7.05. The maximum Gasteiger partial charge on any atom is 0.460 e. The fraction of sp³-hybridized carbons (Fsp3) is 0.611. The second-order valence-corrected chi connectivity index (χ2v) is 7.49. The summed E-state index contributed by atoms with van der Waals surface area (Å²) in [5.41, 5.74) is -0.975. The normalized spacial score (nSPS) is 14.9. The maximum absolute atomic E-state index is 14.4. The zero-order valence-corrected chi connectivity index (χ0v) is 16.1. The molecule has 0 spiro atoms. The van der Waals surface area contributed by atoms with Crippen molar-refractivity contribution in [2.24, 2.45) is 0 Å². The zero-order valence-electron chi connectivity index (χ0n) is 16.1. The van der Waals surface area contributed by atoms with Gasteiger partial charge in [0.05, 0.1) is 0 Å². The third-order valence-electron chi connectivity index (χ3n) is 3.86. The monoisotopic (exact) mass is 453 g/mol. The maximum atomic E-state index is 14.4. The number of halogens is 9. The van der Waals surface area contributed by atoms with E-state index in [2.05, 4.69) is 4.74 Å².